The Hall–Kier alpha value is -1.78. The summed E-state index contributed by atoms with van der Waals surface area (Å²) in [5, 5.41) is 11.9. The zero-order valence-corrected chi connectivity index (χ0v) is 9.37. The molecule has 4 N–H and O–H groups in total. The Morgan fingerprint density at radius 3 is 2.81 bits per heavy atom. The van der Waals surface area contributed by atoms with E-state index in [4.69, 9.17) is 10.8 Å². The lowest BCUT2D eigenvalue weighted by atomic mass is 10.2. The van der Waals surface area contributed by atoms with Gasteiger partial charge < -0.3 is 16.2 Å². The number of hydrogen-bond acceptors (Lipinski definition) is 2. The molecule has 0 saturated heterocycles. The van der Waals surface area contributed by atoms with Gasteiger partial charge in [0.05, 0.1) is 6.54 Å². The number of guanidine groups is 1. The van der Waals surface area contributed by atoms with Gasteiger partial charge in [0.25, 0.3) is 0 Å². The van der Waals surface area contributed by atoms with Crippen LogP contribution in [0.25, 0.3) is 0 Å². The third kappa shape index (κ3) is 3.76. The Kier molecular flexibility index (Phi) is 4.10. The maximum absolute atomic E-state index is 13.0. The predicted octanol–water partition coefficient (Wildman–Crippen LogP) is 1.34. The minimum absolute atomic E-state index is 0.209. The van der Waals surface area contributed by atoms with Crippen LogP contribution in [0.2, 0.25) is 0 Å². The summed E-state index contributed by atoms with van der Waals surface area (Å²) in [5.41, 5.74) is 6.24. The van der Waals surface area contributed by atoms with Gasteiger partial charge in [-0.05, 0) is 31.5 Å². The summed E-state index contributed by atoms with van der Waals surface area (Å²) < 4.78 is 13.0. The number of benzene rings is 1. The number of hydrogen-bond donors (Lipinski definition) is 3. The maximum Gasteiger partial charge on any atom is 0.189 e. The fourth-order valence-electron chi connectivity index (χ4n) is 1.17. The highest BCUT2D eigenvalue weighted by molar-refractivity contribution is 5.78. The lowest BCUT2D eigenvalue weighted by molar-refractivity contribution is 0.432. The quantitative estimate of drug-likeness (QED) is 0.537. The molecule has 0 saturated carbocycles. The first-order chi connectivity index (χ1) is 7.49. The summed E-state index contributed by atoms with van der Waals surface area (Å²) in [4.78, 5) is 4.04. The van der Waals surface area contributed by atoms with Crippen LogP contribution in [0.3, 0.4) is 0 Å². The van der Waals surface area contributed by atoms with E-state index in [2.05, 4.69) is 10.3 Å². The fraction of sp³-hybridized carbons (Fsp3) is 0.364. The van der Waals surface area contributed by atoms with Crippen molar-refractivity contribution in [1.29, 1.82) is 0 Å². The molecule has 0 aliphatic carbocycles. The van der Waals surface area contributed by atoms with Gasteiger partial charge in [0.1, 0.15) is 0 Å². The molecule has 0 spiro atoms. The summed E-state index contributed by atoms with van der Waals surface area (Å²) in [6.07, 6.45) is 0. The number of nitrogens with zero attached hydrogens (tertiary/aromatic N) is 1. The van der Waals surface area contributed by atoms with Crippen LogP contribution in [-0.4, -0.2) is 17.1 Å². The van der Waals surface area contributed by atoms with Crippen LogP contribution in [0.5, 0.6) is 5.75 Å². The molecule has 0 unspecified atom stereocenters. The normalized spacial score (nSPS) is 11.9. The van der Waals surface area contributed by atoms with Crippen LogP contribution in [0.15, 0.2) is 23.2 Å². The fourth-order valence-corrected chi connectivity index (χ4v) is 1.17. The van der Waals surface area contributed by atoms with E-state index in [9.17, 15) is 4.39 Å². The Morgan fingerprint density at radius 2 is 2.25 bits per heavy atom. The molecule has 0 aliphatic rings. The Labute approximate surface area is 94.0 Å². The van der Waals surface area contributed by atoms with Crippen molar-refractivity contribution in [1.82, 2.24) is 5.32 Å². The van der Waals surface area contributed by atoms with Crippen molar-refractivity contribution in [3.8, 4) is 5.75 Å². The average Bonchev–Trinajstić information content (AvgIpc) is 2.19. The van der Waals surface area contributed by atoms with Gasteiger partial charge in [0, 0.05) is 6.04 Å². The van der Waals surface area contributed by atoms with Crippen molar-refractivity contribution >= 4 is 5.96 Å². The van der Waals surface area contributed by atoms with Gasteiger partial charge in [-0.25, -0.2) is 9.38 Å². The molecule has 0 amide bonds. The number of nitrogens with one attached hydrogen (secondary N) is 1. The molecule has 0 aliphatic heterocycles. The highest BCUT2D eigenvalue weighted by atomic mass is 19.1. The molecule has 1 rings (SSSR count). The lowest BCUT2D eigenvalue weighted by Crippen LogP contribution is -2.36. The van der Waals surface area contributed by atoms with Gasteiger partial charge in [0.15, 0.2) is 17.5 Å². The number of phenolic OH excluding ortho intramolecular Hbond substituents is 1. The van der Waals surface area contributed by atoms with Crippen molar-refractivity contribution in [2.75, 3.05) is 0 Å². The first-order valence-corrected chi connectivity index (χ1v) is 5.03. The number of nitrogens with two attached hydrogens (primary N) is 1. The Bertz CT molecular complexity index is 391. The van der Waals surface area contributed by atoms with Gasteiger partial charge in [-0.1, -0.05) is 6.07 Å². The van der Waals surface area contributed by atoms with E-state index in [0.717, 1.165) is 0 Å². The van der Waals surface area contributed by atoms with Gasteiger partial charge >= 0.3 is 0 Å². The monoisotopic (exact) mass is 225 g/mol. The number of aliphatic imine (C=N–C) groups is 1. The molecule has 1 aromatic rings. The number of halogens is 1. The van der Waals surface area contributed by atoms with E-state index in [-0.39, 0.29) is 18.3 Å². The number of rotatable bonds is 3. The van der Waals surface area contributed by atoms with E-state index in [1.54, 1.807) is 6.07 Å². The molecule has 16 heavy (non-hydrogen) atoms. The summed E-state index contributed by atoms with van der Waals surface area (Å²) in [5.74, 6) is -0.687. The molecule has 5 heteroatoms. The van der Waals surface area contributed by atoms with E-state index >= 15 is 0 Å². The van der Waals surface area contributed by atoms with Crippen LogP contribution < -0.4 is 11.1 Å². The molecule has 0 heterocycles. The second-order valence-corrected chi connectivity index (χ2v) is 3.79. The molecule has 0 radical (unpaired) electrons. The van der Waals surface area contributed by atoms with Crippen molar-refractivity contribution in [3.63, 3.8) is 0 Å². The van der Waals surface area contributed by atoms with Crippen molar-refractivity contribution in [3.05, 3.63) is 29.6 Å². The van der Waals surface area contributed by atoms with Crippen LogP contribution in [-0.2, 0) is 6.54 Å². The molecule has 0 bridgehead atoms. The molecule has 4 nitrogen and oxygen atoms in total. The van der Waals surface area contributed by atoms with Crippen LogP contribution in [0, 0.1) is 5.82 Å². The Balaban J connectivity index is 2.63. The second-order valence-electron chi connectivity index (χ2n) is 3.79. The summed E-state index contributed by atoms with van der Waals surface area (Å²) >= 11 is 0. The standard InChI is InChI=1S/C11H16FN3O/c1-7(2)15-11(13)14-6-8-3-4-10(16)9(12)5-8/h3-5,7,16H,6H2,1-2H3,(H3,13,14,15). The van der Waals surface area contributed by atoms with Gasteiger partial charge in [0.2, 0.25) is 0 Å². The van der Waals surface area contributed by atoms with Gasteiger partial charge in [-0.15, -0.1) is 0 Å². The zero-order valence-electron chi connectivity index (χ0n) is 9.37. The van der Waals surface area contributed by atoms with E-state index < -0.39 is 5.82 Å². The third-order valence-corrected chi connectivity index (χ3v) is 1.88. The van der Waals surface area contributed by atoms with Crippen LogP contribution in [0.4, 0.5) is 4.39 Å². The molecule has 0 fully saturated rings. The van der Waals surface area contributed by atoms with E-state index in [0.29, 0.717) is 11.5 Å². The maximum atomic E-state index is 13.0. The first kappa shape index (κ1) is 12.3. The molecule has 88 valence electrons. The average molecular weight is 225 g/mol. The summed E-state index contributed by atoms with van der Waals surface area (Å²) in [6.45, 7) is 4.17. The minimum Gasteiger partial charge on any atom is -0.505 e. The number of aromatic hydroxyl groups is 1. The molecular formula is C11H16FN3O. The molecular weight excluding hydrogens is 209 g/mol. The Morgan fingerprint density at radius 1 is 1.56 bits per heavy atom. The van der Waals surface area contributed by atoms with Crippen molar-refractivity contribution < 1.29 is 9.50 Å². The van der Waals surface area contributed by atoms with Gasteiger partial charge in [-0.3, -0.25) is 0 Å². The molecule has 0 aromatic heterocycles. The van der Waals surface area contributed by atoms with Crippen molar-refractivity contribution in [2.24, 2.45) is 10.7 Å². The zero-order chi connectivity index (χ0) is 12.1. The SMILES string of the molecule is CC(C)NC(N)=NCc1ccc(O)c(F)c1. The highest BCUT2D eigenvalue weighted by Gasteiger charge is 2.01. The highest BCUT2D eigenvalue weighted by Crippen LogP contribution is 2.16. The van der Waals surface area contributed by atoms with E-state index in [1.165, 1.54) is 12.1 Å². The molecule has 1 aromatic carbocycles. The summed E-state index contributed by atoms with van der Waals surface area (Å²) in [6, 6.07) is 4.35. The minimum atomic E-state index is -0.650. The van der Waals surface area contributed by atoms with E-state index in [1.807, 2.05) is 13.8 Å². The van der Waals surface area contributed by atoms with Crippen LogP contribution in [0.1, 0.15) is 19.4 Å². The first-order valence-electron chi connectivity index (χ1n) is 5.03. The summed E-state index contributed by atoms with van der Waals surface area (Å²) in [7, 11) is 0. The smallest absolute Gasteiger partial charge is 0.189 e. The predicted molar refractivity (Wildman–Crippen MR) is 61.7 cm³/mol. The largest absolute Gasteiger partial charge is 0.505 e. The van der Waals surface area contributed by atoms with Crippen LogP contribution >= 0.6 is 0 Å². The second kappa shape index (κ2) is 5.34. The van der Waals surface area contributed by atoms with Crippen molar-refractivity contribution in [2.45, 2.75) is 26.4 Å². The lowest BCUT2D eigenvalue weighted by Gasteiger charge is -2.08. The number of phenols is 1. The topological polar surface area (TPSA) is 70.6 Å². The molecule has 0 atom stereocenters. The van der Waals surface area contributed by atoms with Gasteiger partial charge in [-0.2, -0.15) is 0 Å². The third-order valence-electron chi connectivity index (χ3n) is 1.88.